The average molecular weight is 282 g/mol. The van der Waals surface area contributed by atoms with Crippen molar-refractivity contribution < 1.29 is 0 Å². The Balaban J connectivity index is 1.69. The van der Waals surface area contributed by atoms with E-state index >= 15 is 0 Å². The lowest BCUT2D eigenvalue weighted by Gasteiger charge is -2.11. The van der Waals surface area contributed by atoms with Gasteiger partial charge < -0.3 is 5.32 Å². The maximum Gasteiger partial charge on any atom is 0.111 e. The summed E-state index contributed by atoms with van der Waals surface area (Å²) in [6.07, 6.45) is 0. The Bertz CT molecular complexity index is 667. The maximum atomic E-state index is 4.70. The van der Waals surface area contributed by atoms with Crippen molar-refractivity contribution in [3.8, 4) is 0 Å². The van der Waals surface area contributed by atoms with Crippen molar-refractivity contribution in [1.29, 1.82) is 0 Å². The second-order valence-electron chi connectivity index (χ2n) is 5.11. The molecular weight excluding hydrogens is 264 g/mol. The molecule has 0 amide bonds. The van der Waals surface area contributed by atoms with Crippen LogP contribution >= 0.6 is 11.3 Å². The number of rotatable bonds is 4. The van der Waals surface area contributed by atoms with Crippen LogP contribution in [0, 0.1) is 6.92 Å². The summed E-state index contributed by atoms with van der Waals surface area (Å²) >= 11 is 1.77. The van der Waals surface area contributed by atoms with E-state index in [-0.39, 0.29) is 6.04 Å². The molecule has 2 nitrogen and oxygen atoms in total. The van der Waals surface area contributed by atoms with Gasteiger partial charge in [-0.3, -0.25) is 0 Å². The van der Waals surface area contributed by atoms with Gasteiger partial charge >= 0.3 is 0 Å². The van der Waals surface area contributed by atoms with E-state index < -0.39 is 0 Å². The Labute approximate surface area is 123 Å². The van der Waals surface area contributed by atoms with E-state index in [1.807, 2.05) is 6.07 Å². The molecule has 0 fully saturated rings. The summed E-state index contributed by atoms with van der Waals surface area (Å²) < 4.78 is 1.26. The van der Waals surface area contributed by atoms with E-state index in [9.17, 15) is 0 Å². The zero-order chi connectivity index (χ0) is 13.9. The summed E-state index contributed by atoms with van der Waals surface area (Å²) in [7, 11) is 0. The molecule has 1 N–H and O–H groups in total. The van der Waals surface area contributed by atoms with E-state index in [2.05, 4.69) is 61.6 Å². The van der Waals surface area contributed by atoms with Crippen LogP contribution in [0.3, 0.4) is 0 Å². The van der Waals surface area contributed by atoms with Crippen LogP contribution in [0.25, 0.3) is 10.2 Å². The Morgan fingerprint density at radius 3 is 2.60 bits per heavy atom. The van der Waals surface area contributed by atoms with Crippen LogP contribution in [0.15, 0.2) is 48.5 Å². The van der Waals surface area contributed by atoms with Gasteiger partial charge in [-0.05, 0) is 31.5 Å². The highest BCUT2D eigenvalue weighted by molar-refractivity contribution is 7.18. The minimum absolute atomic E-state index is 0.272. The van der Waals surface area contributed by atoms with E-state index in [4.69, 9.17) is 4.98 Å². The molecule has 0 aliphatic carbocycles. The summed E-state index contributed by atoms with van der Waals surface area (Å²) in [6, 6.07) is 17.2. The fourth-order valence-corrected chi connectivity index (χ4v) is 3.13. The minimum atomic E-state index is 0.272. The molecule has 2 aromatic carbocycles. The number of fused-ring (bicyclic) bond motifs is 1. The molecule has 0 radical (unpaired) electrons. The van der Waals surface area contributed by atoms with Crippen molar-refractivity contribution >= 4 is 21.6 Å². The van der Waals surface area contributed by atoms with Crippen molar-refractivity contribution in [2.24, 2.45) is 0 Å². The summed E-state index contributed by atoms with van der Waals surface area (Å²) in [5.74, 6) is 0. The van der Waals surface area contributed by atoms with Crippen molar-refractivity contribution in [3.05, 3.63) is 64.7 Å². The number of thiazole rings is 1. The molecule has 3 rings (SSSR count). The van der Waals surface area contributed by atoms with Gasteiger partial charge in [-0.25, -0.2) is 4.98 Å². The highest BCUT2D eigenvalue weighted by Crippen LogP contribution is 2.26. The summed E-state index contributed by atoms with van der Waals surface area (Å²) in [6.45, 7) is 5.16. The lowest BCUT2D eigenvalue weighted by molar-refractivity contribution is 0.573. The molecular formula is C17H18N2S. The van der Waals surface area contributed by atoms with E-state index in [1.165, 1.54) is 15.8 Å². The van der Waals surface area contributed by atoms with Crippen LogP contribution in [-0.2, 0) is 6.54 Å². The Hall–Kier alpha value is -1.71. The third kappa shape index (κ3) is 2.89. The number of hydrogen-bond acceptors (Lipinski definition) is 3. The van der Waals surface area contributed by atoms with Gasteiger partial charge in [0.05, 0.1) is 16.3 Å². The van der Waals surface area contributed by atoms with E-state index in [0.717, 1.165) is 17.1 Å². The summed E-state index contributed by atoms with van der Waals surface area (Å²) in [5, 5.41) is 4.69. The first-order valence-electron chi connectivity index (χ1n) is 6.87. The third-order valence-corrected chi connectivity index (χ3v) is 4.63. The van der Waals surface area contributed by atoms with Crippen LogP contribution in [0.1, 0.15) is 29.1 Å². The molecule has 0 aliphatic heterocycles. The average Bonchev–Trinajstić information content (AvgIpc) is 2.90. The fraction of sp³-hybridized carbons (Fsp3) is 0.235. The number of para-hydroxylation sites is 1. The van der Waals surface area contributed by atoms with Gasteiger partial charge in [-0.2, -0.15) is 0 Å². The maximum absolute atomic E-state index is 4.70. The molecule has 20 heavy (non-hydrogen) atoms. The number of aryl methyl sites for hydroxylation is 1. The summed E-state index contributed by atoms with van der Waals surface area (Å²) in [5.41, 5.74) is 3.70. The van der Waals surface area contributed by atoms with Gasteiger partial charge in [0, 0.05) is 6.54 Å². The third-order valence-electron chi connectivity index (χ3n) is 3.41. The molecule has 0 aliphatic rings. The number of nitrogens with one attached hydrogen (secondary N) is 1. The Morgan fingerprint density at radius 2 is 1.85 bits per heavy atom. The highest BCUT2D eigenvalue weighted by atomic mass is 32.1. The first kappa shape index (κ1) is 13.3. The van der Waals surface area contributed by atoms with Crippen LogP contribution in [0.5, 0.6) is 0 Å². The van der Waals surface area contributed by atoms with Crippen molar-refractivity contribution in [2.75, 3.05) is 0 Å². The normalized spacial score (nSPS) is 12.7. The predicted octanol–water partition coefficient (Wildman–Crippen LogP) is 4.46. The van der Waals surface area contributed by atoms with Gasteiger partial charge in [0.25, 0.3) is 0 Å². The van der Waals surface area contributed by atoms with Gasteiger partial charge in [0.2, 0.25) is 0 Å². The highest BCUT2D eigenvalue weighted by Gasteiger charge is 2.10. The van der Waals surface area contributed by atoms with Gasteiger partial charge in [-0.1, -0.05) is 42.0 Å². The second-order valence-corrected chi connectivity index (χ2v) is 6.17. The predicted molar refractivity (Wildman–Crippen MR) is 86.1 cm³/mol. The molecule has 3 heteroatoms. The van der Waals surface area contributed by atoms with Crippen LogP contribution in [0.2, 0.25) is 0 Å². The number of benzene rings is 2. The van der Waals surface area contributed by atoms with Crippen LogP contribution in [0.4, 0.5) is 0 Å². The second kappa shape index (κ2) is 5.73. The van der Waals surface area contributed by atoms with Gasteiger partial charge in [0.15, 0.2) is 0 Å². The Kier molecular flexibility index (Phi) is 3.81. The SMILES string of the molecule is Cc1ccc(CNC(C)c2nc3ccccc3s2)cc1. The molecule has 0 bridgehead atoms. The molecule has 0 saturated carbocycles. The molecule has 0 saturated heterocycles. The quantitative estimate of drug-likeness (QED) is 0.764. The van der Waals surface area contributed by atoms with Crippen LogP contribution < -0.4 is 5.32 Å². The van der Waals surface area contributed by atoms with Crippen molar-refractivity contribution in [1.82, 2.24) is 10.3 Å². The van der Waals surface area contributed by atoms with E-state index in [0.29, 0.717) is 0 Å². The zero-order valence-corrected chi connectivity index (χ0v) is 12.6. The monoisotopic (exact) mass is 282 g/mol. The van der Waals surface area contributed by atoms with Crippen molar-refractivity contribution in [2.45, 2.75) is 26.4 Å². The summed E-state index contributed by atoms with van der Waals surface area (Å²) in [4.78, 5) is 4.70. The molecule has 1 unspecified atom stereocenters. The first-order chi connectivity index (χ1) is 9.72. The molecule has 1 aromatic heterocycles. The zero-order valence-electron chi connectivity index (χ0n) is 11.8. The first-order valence-corrected chi connectivity index (χ1v) is 7.68. The van der Waals surface area contributed by atoms with Crippen molar-refractivity contribution in [3.63, 3.8) is 0 Å². The largest absolute Gasteiger partial charge is 0.304 e. The molecule has 1 atom stereocenters. The number of hydrogen-bond donors (Lipinski definition) is 1. The fourth-order valence-electron chi connectivity index (χ4n) is 2.14. The topological polar surface area (TPSA) is 24.9 Å². The number of aromatic nitrogens is 1. The molecule has 1 heterocycles. The van der Waals surface area contributed by atoms with Gasteiger partial charge in [-0.15, -0.1) is 11.3 Å². The molecule has 102 valence electrons. The minimum Gasteiger partial charge on any atom is -0.304 e. The van der Waals surface area contributed by atoms with Gasteiger partial charge in [0.1, 0.15) is 5.01 Å². The Morgan fingerprint density at radius 1 is 1.10 bits per heavy atom. The lowest BCUT2D eigenvalue weighted by atomic mass is 10.1. The molecule has 3 aromatic rings. The van der Waals surface area contributed by atoms with E-state index in [1.54, 1.807) is 11.3 Å². The lowest BCUT2D eigenvalue weighted by Crippen LogP contribution is -2.17. The molecule has 0 spiro atoms. The van der Waals surface area contributed by atoms with Crippen LogP contribution in [-0.4, -0.2) is 4.98 Å². The smallest absolute Gasteiger partial charge is 0.111 e. The number of nitrogens with zero attached hydrogens (tertiary/aromatic N) is 1. The standard InChI is InChI=1S/C17H18N2S/c1-12-7-9-14(10-8-12)11-18-13(2)17-19-15-5-3-4-6-16(15)20-17/h3-10,13,18H,11H2,1-2H3.